The van der Waals surface area contributed by atoms with Crippen molar-refractivity contribution in [1.82, 2.24) is 9.78 Å². The van der Waals surface area contributed by atoms with E-state index in [0.29, 0.717) is 17.8 Å². The van der Waals surface area contributed by atoms with Crippen LogP contribution in [0.2, 0.25) is 0 Å². The van der Waals surface area contributed by atoms with Gasteiger partial charge in [-0.05, 0) is 36.8 Å². The Morgan fingerprint density at radius 2 is 2.08 bits per heavy atom. The molecule has 134 valence electrons. The van der Waals surface area contributed by atoms with Gasteiger partial charge >= 0.3 is 5.97 Å². The number of fused-ring (bicyclic) bond motifs is 1. The Morgan fingerprint density at radius 1 is 1.31 bits per heavy atom. The molecule has 0 saturated heterocycles. The Labute approximate surface area is 155 Å². The quantitative estimate of drug-likeness (QED) is 0.660. The highest BCUT2D eigenvalue weighted by molar-refractivity contribution is 7.98. The third-order valence-corrected chi connectivity index (χ3v) is 5.62. The fraction of sp³-hybridized carbons (Fsp3) is 0.316. The molecule has 4 rings (SSSR count). The number of aromatic nitrogens is 2. The van der Waals surface area contributed by atoms with Crippen molar-refractivity contribution in [2.24, 2.45) is 0 Å². The highest BCUT2D eigenvalue weighted by Gasteiger charge is 2.37. The number of esters is 1. The number of ketones is 1. The average molecular weight is 369 g/mol. The van der Waals surface area contributed by atoms with Crippen LogP contribution in [0.15, 0.2) is 46.6 Å². The maximum Gasteiger partial charge on any atom is 0.343 e. The van der Waals surface area contributed by atoms with Crippen molar-refractivity contribution in [2.45, 2.75) is 30.2 Å². The van der Waals surface area contributed by atoms with Gasteiger partial charge in [0.05, 0.1) is 13.3 Å². The first-order chi connectivity index (χ1) is 12.6. The lowest BCUT2D eigenvalue weighted by Gasteiger charge is -2.33. The lowest BCUT2D eigenvalue weighted by Crippen LogP contribution is -2.31. The first kappa shape index (κ1) is 16.9. The second-order valence-corrected chi connectivity index (χ2v) is 7.19. The number of hydrogen-bond donors (Lipinski definition) is 1. The van der Waals surface area contributed by atoms with Crippen LogP contribution in [-0.4, -0.2) is 34.9 Å². The molecule has 7 heteroatoms. The minimum atomic E-state index is -0.443. The van der Waals surface area contributed by atoms with E-state index in [4.69, 9.17) is 4.74 Å². The van der Waals surface area contributed by atoms with Crippen molar-refractivity contribution in [3.8, 4) is 0 Å². The van der Waals surface area contributed by atoms with Crippen molar-refractivity contribution in [3.05, 3.63) is 52.9 Å². The number of allylic oxidation sites excluding steroid dienone is 2. The maximum atomic E-state index is 12.7. The van der Waals surface area contributed by atoms with E-state index in [9.17, 15) is 9.59 Å². The normalized spacial score (nSPS) is 18.8. The molecule has 6 nitrogen and oxygen atoms in total. The predicted molar refractivity (Wildman–Crippen MR) is 99.4 cm³/mol. The molecule has 26 heavy (non-hydrogen) atoms. The Balaban J connectivity index is 1.88. The minimum absolute atomic E-state index is 0.137. The molecule has 1 aliphatic heterocycles. The van der Waals surface area contributed by atoms with Crippen LogP contribution in [0.25, 0.3) is 0 Å². The van der Waals surface area contributed by atoms with E-state index in [1.807, 2.05) is 30.5 Å². The Morgan fingerprint density at radius 3 is 2.77 bits per heavy atom. The molecule has 0 fully saturated rings. The molecule has 1 N–H and O–H groups in total. The van der Waals surface area contributed by atoms with Gasteiger partial charge in [0, 0.05) is 22.6 Å². The molecule has 1 aromatic carbocycles. The van der Waals surface area contributed by atoms with Crippen molar-refractivity contribution in [2.75, 3.05) is 18.7 Å². The summed E-state index contributed by atoms with van der Waals surface area (Å²) in [5, 5.41) is 7.68. The molecule has 2 aliphatic rings. The second kappa shape index (κ2) is 6.64. The van der Waals surface area contributed by atoms with Gasteiger partial charge < -0.3 is 10.1 Å². The zero-order valence-corrected chi connectivity index (χ0v) is 15.4. The molecule has 0 bridgehead atoms. The Kier molecular flexibility index (Phi) is 4.32. The van der Waals surface area contributed by atoms with Gasteiger partial charge in [-0.3, -0.25) is 4.79 Å². The lowest BCUT2D eigenvalue weighted by atomic mass is 9.85. The van der Waals surface area contributed by atoms with Gasteiger partial charge in [-0.1, -0.05) is 12.1 Å². The first-order valence-corrected chi connectivity index (χ1v) is 9.69. The number of ether oxygens (including phenoxy) is 1. The number of benzene rings is 1. The SMILES string of the molecule is COC(=O)c1cnn2c1NC1=C(C(=O)CCC1)[C@H]2c1ccc(SC)cc1. The molecule has 1 aliphatic carbocycles. The summed E-state index contributed by atoms with van der Waals surface area (Å²) in [6, 6.07) is 7.80. The average Bonchev–Trinajstić information content (AvgIpc) is 3.09. The van der Waals surface area contributed by atoms with Crippen molar-refractivity contribution < 1.29 is 14.3 Å². The minimum Gasteiger partial charge on any atom is -0.465 e. The van der Waals surface area contributed by atoms with Crippen molar-refractivity contribution in [1.29, 1.82) is 0 Å². The number of anilines is 1. The summed E-state index contributed by atoms with van der Waals surface area (Å²) in [6.07, 6.45) is 5.66. The zero-order chi connectivity index (χ0) is 18.3. The van der Waals surface area contributed by atoms with Crippen LogP contribution >= 0.6 is 11.8 Å². The smallest absolute Gasteiger partial charge is 0.343 e. The van der Waals surface area contributed by atoms with Crippen LogP contribution in [0.5, 0.6) is 0 Å². The number of hydrogen-bond acceptors (Lipinski definition) is 6. The third kappa shape index (κ3) is 2.63. The number of carbonyl (C=O) groups is 2. The van der Waals surface area contributed by atoms with Crippen LogP contribution in [0.4, 0.5) is 5.82 Å². The van der Waals surface area contributed by atoms with Gasteiger partial charge in [-0.25, -0.2) is 9.48 Å². The van der Waals surface area contributed by atoms with Crippen molar-refractivity contribution >= 4 is 29.3 Å². The van der Waals surface area contributed by atoms with E-state index in [-0.39, 0.29) is 11.8 Å². The van der Waals surface area contributed by atoms with Gasteiger partial charge in [-0.2, -0.15) is 5.10 Å². The summed E-state index contributed by atoms with van der Waals surface area (Å²) >= 11 is 1.67. The second-order valence-electron chi connectivity index (χ2n) is 6.31. The summed E-state index contributed by atoms with van der Waals surface area (Å²) < 4.78 is 6.60. The number of rotatable bonds is 3. The van der Waals surface area contributed by atoms with Crippen LogP contribution in [-0.2, 0) is 9.53 Å². The summed E-state index contributed by atoms with van der Waals surface area (Å²) in [5.74, 6) is 0.282. The Bertz CT molecular complexity index is 915. The number of nitrogens with one attached hydrogen (secondary N) is 1. The van der Waals surface area contributed by atoms with E-state index in [0.717, 1.165) is 34.6 Å². The van der Waals surface area contributed by atoms with E-state index in [1.165, 1.54) is 13.3 Å². The summed E-state index contributed by atoms with van der Waals surface area (Å²) in [5.41, 5.74) is 2.99. The van der Waals surface area contributed by atoms with E-state index in [2.05, 4.69) is 10.4 Å². The number of thioether (sulfide) groups is 1. The standard InChI is InChI=1S/C19H19N3O3S/c1-25-19(24)13-10-20-22-17(11-6-8-12(26-2)9-7-11)16-14(21-18(13)22)4-3-5-15(16)23/h6-10,17,21H,3-5H2,1-2H3/t17-/m1/s1. The molecule has 0 saturated carbocycles. The van der Waals surface area contributed by atoms with E-state index >= 15 is 0 Å². The number of carbonyl (C=O) groups excluding carboxylic acids is 2. The molecular weight excluding hydrogens is 350 g/mol. The fourth-order valence-corrected chi connectivity index (χ4v) is 4.02. The molecule has 0 amide bonds. The number of methoxy groups -OCH3 is 1. The fourth-order valence-electron chi connectivity index (χ4n) is 3.61. The molecule has 1 atom stereocenters. The molecular formula is C19H19N3O3S. The topological polar surface area (TPSA) is 73.2 Å². The molecule has 0 radical (unpaired) electrons. The molecule has 0 unspecified atom stereocenters. The molecule has 2 heterocycles. The summed E-state index contributed by atoms with van der Waals surface area (Å²) in [6.45, 7) is 0. The maximum absolute atomic E-state index is 12.7. The molecule has 2 aromatic rings. The van der Waals surface area contributed by atoms with E-state index < -0.39 is 5.97 Å². The van der Waals surface area contributed by atoms with Gasteiger partial charge in [0.2, 0.25) is 0 Å². The van der Waals surface area contributed by atoms with Crippen LogP contribution in [0.1, 0.15) is 41.2 Å². The van der Waals surface area contributed by atoms with Crippen LogP contribution in [0.3, 0.4) is 0 Å². The highest BCUT2D eigenvalue weighted by Crippen LogP contribution is 2.41. The van der Waals surface area contributed by atoms with Gasteiger partial charge in [0.15, 0.2) is 5.78 Å². The van der Waals surface area contributed by atoms with Crippen LogP contribution in [0, 0.1) is 0 Å². The van der Waals surface area contributed by atoms with E-state index in [1.54, 1.807) is 16.4 Å². The van der Waals surface area contributed by atoms with Gasteiger partial charge in [0.1, 0.15) is 17.4 Å². The predicted octanol–water partition coefficient (Wildman–Crippen LogP) is 3.41. The Hall–Kier alpha value is -2.54. The highest BCUT2D eigenvalue weighted by atomic mass is 32.2. The van der Waals surface area contributed by atoms with Gasteiger partial charge in [-0.15, -0.1) is 11.8 Å². The van der Waals surface area contributed by atoms with Gasteiger partial charge in [0.25, 0.3) is 0 Å². The largest absolute Gasteiger partial charge is 0.465 e. The molecule has 0 spiro atoms. The number of Topliss-reactive ketones (excluding diaryl/α,β-unsaturated/α-hetero) is 1. The third-order valence-electron chi connectivity index (χ3n) is 4.88. The summed E-state index contributed by atoms with van der Waals surface area (Å²) in [7, 11) is 1.35. The number of nitrogens with zero attached hydrogens (tertiary/aromatic N) is 2. The van der Waals surface area contributed by atoms with Crippen molar-refractivity contribution in [3.63, 3.8) is 0 Å². The lowest BCUT2D eigenvalue weighted by molar-refractivity contribution is -0.116. The zero-order valence-electron chi connectivity index (χ0n) is 14.6. The van der Waals surface area contributed by atoms with Crippen LogP contribution < -0.4 is 5.32 Å². The molecule has 1 aromatic heterocycles. The monoisotopic (exact) mass is 369 g/mol. The summed E-state index contributed by atoms with van der Waals surface area (Å²) in [4.78, 5) is 26.0. The first-order valence-electron chi connectivity index (χ1n) is 8.47.